The molecule has 0 saturated heterocycles. The van der Waals surface area contributed by atoms with Gasteiger partial charge in [0.05, 0.1) is 36.2 Å². The molecular formula is C26H14F8N6O2. The summed E-state index contributed by atoms with van der Waals surface area (Å²) < 4.78 is 114. The Morgan fingerprint density at radius 1 is 0.857 bits per heavy atom. The van der Waals surface area contributed by atoms with Crippen LogP contribution in [0.2, 0.25) is 0 Å². The highest BCUT2D eigenvalue weighted by molar-refractivity contribution is 5.78. The van der Waals surface area contributed by atoms with Crippen molar-refractivity contribution in [1.82, 2.24) is 29.7 Å². The van der Waals surface area contributed by atoms with Crippen molar-refractivity contribution in [3.8, 4) is 34.2 Å². The minimum atomic E-state index is -5.16. The second kappa shape index (κ2) is 10.4. The molecule has 0 saturated carbocycles. The first-order valence-electron chi connectivity index (χ1n) is 11.6. The number of halogens is 8. The Kier molecular flexibility index (Phi) is 7.08. The van der Waals surface area contributed by atoms with E-state index in [0.717, 1.165) is 30.3 Å². The molecule has 0 N–H and O–H groups in total. The second-order valence-electron chi connectivity index (χ2n) is 8.69. The number of hydrogen-bond donors (Lipinski definition) is 0. The van der Waals surface area contributed by atoms with Crippen LogP contribution in [-0.4, -0.2) is 42.8 Å². The zero-order chi connectivity index (χ0) is 30.4. The molecule has 42 heavy (non-hydrogen) atoms. The smallest absolute Gasteiger partial charge is 0.417 e. The SMILES string of the molecule is COC(=O)C(c1cnc(-c2ccc(C(F)(F)F)cc2C(F)(F)F)nc1)n1cc2nc(-c3cccc(F)c3F)nc-2cn1. The van der Waals surface area contributed by atoms with E-state index in [1.807, 2.05) is 0 Å². The Bertz CT molecular complexity index is 1750. The van der Waals surface area contributed by atoms with Gasteiger partial charge in [-0.1, -0.05) is 6.07 Å². The summed E-state index contributed by atoms with van der Waals surface area (Å²) >= 11 is 0. The fraction of sp³-hybridized carbons (Fsp3) is 0.154. The lowest BCUT2D eigenvalue weighted by Gasteiger charge is -2.18. The van der Waals surface area contributed by atoms with E-state index >= 15 is 0 Å². The van der Waals surface area contributed by atoms with Gasteiger partial charge in [-0.3, -0.25) is 4.68 Å². The highest BCUT2D eigenvalue weighted by atomic mass is 19.4. The summed E-state index contributed by atoms with van der Waals surface area (Å²) in [6.45, 7) is 0. The van der Waals surface area contributed by atoms with Crippen LogP contribution in [0.5, 0.6) is 0 Å². The van der Waals surface area contributed by atoms with E-state index in [2.05, 4.69) is 25.0 Å². The minimum Gasteiger partial charge on any atom is -0.467 e. The zero-order valence-electron chi connectivity index (χ0n) is 20.9. The number of fused-ring (bicyclic) bond motifs is 1. The largest absolute Gasteiger partial charge is 0.467 e. The fourth-order valence-corrected chi connectivity index (χ4v) is 4.05. The van der Waals surface area contributed by atoms with Crippen molar-refractivity contribution in [2.45, 2.75) is 18.4 Å². The van der Waals surface area contributed by atoms with Crippen molar-refractivity contribution < 1.29 is 44.7 Å². The van der Waals surface area contributed by atoms with Crippen LogP contribution >= 0.6 is 0 Å². The molecule has 0 aliphatic carbocycles. The first-order chi connectivity index (χ1) is 19.8. The molecule has 2 aliphatic rings. The van der Waals surface area contributed by atoms with Gasteiger partial charge in [-0.2, -0.15) is 31.4 Å². The van der Waals surface area contributed by atoms with Gasteiger partial charge in [0, 0.05) is 23.5 Å². The molecular weight excluding hydrogens is 580 g/mol. The van der Waals surface area contributed by atoms with E-state index in [-0.39, 0.29) is 34.4 Å². The molecule has 1 atom stereocenters. The molecule has 1 unspecified atom stereocenters. The van der Waals surface area contributed by atoms with Crippen LogP contribution in [0.4, 0.5) is 35.1 Å². The third-order valence-electron chi connectivity index (χ3n) is 6.05. The van der Waals surface area contributed by atoms with Gasteiger partial charge < -0.3 is 4.74 Å². The Hall–Kier alpha value is -5.02. The van der Waals surface area contributed by atoms with Gasteiger partial charge in [0.2, 0.25) is 0 Å². The number of imidazole rings is 1. The number of benzene rings is 2. The van der Waals surface area contributed by atoms with Crippen LogP contribution in [-0.2, 0) is 21.9 Å². The molecule has 2 aromatic carbocycles. The normalized spacial score (nSPS) is 12.9. The van der Waals surface area contributed by atoms with E-state index in [4.69, 9.17) is 4.74 Å². The Balaban J connectivity index is 1.53. The van der Waals surface area contributed by atoms with E-state index in [0.29, 0.717) is 12.1 Å². The lowest BCUT2D eigenvalue weighted by atomic mass is 10.0. The second-order valence-corrected chi connectivity index (χ2v) is 8.69. The number of esters is 1. The van der Waals surface area contributed by atoms with Gasteiger partial charge in [-0.15, -0.1) is 0 Å². The molecule has 1 aromatic heterocycles. The predicted octanol–water partition coefficient (Wildman–Crippen LogP) is 5.98. The predicted molar refractivity (Wildman–Crippen MR) is 127 cm³/mol. The quantitative estimate of drug-likeness (QED) is 0.183. The fourth-order valence-electron chi connectivity index (χ4n) is 4.05. The Morgan fingerprint density at radius 3 is 2.19 bits per heavy atom. The summed E-state index contributed by atoms with van der Waals surface area (Å²) in [5.74, 6) is -3.88. The summed E-state index contributed by atoms with van der Waals surface area (Å²) in [6.07, 6.45) is -5.76. The molecule has 0 radical (unpaired) electrons. The average molecular weight is 594 g/mol. The van der Waals surface area contributed by atoms with Crippen molar-refractivity contribution in [1.29, 1.82) is 0 Å². The van der Waals surface area contributed by atoms with E-state index in [9.17, 15) is 39.9 Å². The number of carbonyl (C=O) groups is 1. The molecule has 2 aliphatic heterocycles. The van der Waals surface area contributed by atoms with Crippen LogP contribution in [0.3, 0.4) is 0 Å². The van der Waals surface area contributed by atoms with Crippen molar-refractivity contribution in [3.05, 3.63) is 89.5 Å². The Morgan fingerprint density at radius 2 is 1.55 bits per heavy atom. The summed E-state index contributed by atoms with van der Waals surface area (Å²) in [5, 5.41) is 4.09. The summed E-state index contributed by atoms with van der Waals surface area (Å²) in [5.41, 5.74) is -3.76. The number of alkyl halides is 6. The molecule has 0 bridgehead atoms. The molecule has 0 amide bonds. The number of methoxy groups -OCH3 is 1. The number of ether oxygens (including phenoxy) is 1. The summed E-state index contributed by atoms with van der Waals surface area (Å²) in [7, 11) is 1.06. The van der Waals surface area contributed by atoms with Crippen LogP contribution in [0.25, 0.3) is 34.2 Å². The van der Waals surface area contributed by atoms with Crippen LogP contribution in [0.15, 0.2) is 61.2 Å². The molecule has 3 heterocycles. The van der Waals surface area contributed by atoms with Gasteiger partial charge in [0.15, 0.2) is 29.3 Å². The molecule has 216 valence electrons. The topological polar surface area (TPSA) is 95.7 Å². The van der Waals surface area contributed by atoms with Gasteiger partial charge in [0.1, 0.15) is 11.4 Å². The highest BCUT2D eigenvalue weighted by Gasteiger charge is 2.39. The lowest BCUT2D eigenvalue weighted by molar-refractivity contribution is -0.144. The number of hydrogen-bond acceptors (Lipinski definition) is 7. The van der Waals surface area contributed by atoms with Crippen LogP contribution in [0, 0.1) is 11.6 Å². The zero-order valence-corrected chi connectivity index (χ0v) is 20.9. The number of aromatic nitrogens is 6. The molecule has 8 nitrogen and oxygen atoms in total. The van der Waals surface area contributed by atoms with Crippen LogP contribution in [0.1, 0.15) is 22.7 Å². The first kappa shape index (κ1) is 28.5. The van der Waals surface area contributed by atoms with Gasteiger partial charge in [-0.25, -0.2) is 33.5 Å². The minimum absolute atomic E-state index is 0.0150. The Labute approximate surface area is 230 Å². The van der Waals surface area contributed by atoms with E-state index in [1.54, 1.807) is 0 Å². The molecule has 16 heteroatoms. The van der Waals surface area contributed by atoms with Gasteiger partial charge in [0.25, 0.3) is 0 Å². The van der Waals surface area contributed by atoms with E-state index in [1.165, 1.54) is 24.5 Å². The molecule has 0 fully saturated rings. The first-order valence-corrected chi connectivity index (χ1v) is 11.6. The van der Waals surface area contributed by atoms with Crippen molar-refractivity contribution in [3.63, 3.8) is 0 Å². The maximum absolute atomic E-state index is 14.3. The molecule has 0 spiro atoms. The highest BCUT2D eigenvalue weighted by Crippen LogP contribution is 2.40. The lowest BCUT2D eigenvalue weighted by Crippen LogP contribution is -2.24. The van der Waals surface area contributed by atoms with Crippen LogP contribution < -0.4 is 0 Å². The average Bonchev–Trinajstić information content (AvgIpc) is 3.37. The number of nitrogens with zero attached hydrogens (tertiary/aromatic N) is 6. The maximum atomic E-state index is 14.3. The standard InChI is InChI=1S/C26H14F8N6O2/c1-42-24(41)21(40-11-19-18(10-37-40)38-23(39-19)15-3-2-4-17(27)20(15)28)12-8-35-22(36-9-12)14-6-5-13(25(29,30)31)7-16(14)26(32,33)34/h2-11,21H,1H3. The monoisotopic (exact) mass is 594 g/mol. The van der Waals surface area contributed by atoms with Gasteiger partial charge in [-0.05, 0) is 30.3 Å². The third kappa shape index (κ3) is 5.34. The van der Waals surface area contributed by atoms with E-state index < -0.39 is 58.5 Å². The molecule has 3 aromatic rings. The van der Waals surface area contributed by atoms with Crippen molar-refractivity contribution in [2.75, 3.05) is 7.11 Å². The van der Waals surface area contributed by atoms with Crippen molar-refractivity contribution in [2.24, 2.45) is 0 Å². The number of rotatable bonds is 5. The van der Waals surface area contributed by atoms with Crippen molar-refractivity contribution >= 4 is 5.97 Å². The number of carbonyl (C=O) groups excluding carboxylic acids is 1. The van der Waals surface area contributed by atoms with Gasteiger partial charge >= 0.3 is 18.3 Å². The summed E-state index contributed by atoms with van der Waals surface area (Å²) in [6, 6.07) is 3.11. The molecule has 5 rings (SSSR count). The maximum Gasteiger partial charge on any atom is 0.417 e. The summed E-state index contributed by atoms with van der Waals surface area (Å²) in [4.78, 5) is 28.7. The third-order valence-corrected chi connectivity index (χ3v) is 6.05.